The van der Waals surface area contributed by atoms with E-state index < -0.39 is 5.97 Å². The molecule has 0 spiro atoms. The minimum absolute atomic E-state index is 0.0501. The number of carboxylic acid groups (broad SMARTS) is 1. The van der Waals surface area contributed by atoms with Crippen molar-refractivity contribution in [2.75, 3.05) is 0 Å². The average molecular weight is 282 g/mol. The van der Waals surface area contributed by atoms with E-state index in [-0.39, 0.29) is 35.7 Å². The van der Waals surface area contributed by atoms with Gasteiger partial charge in [-0.15, -0.1) is 0 Å². The molecule has 5 nitrogen and oxygen atoms in total. The third-order valence-corrected chi connectivity index (χ3v) is 5.02. The van der Waals surface area contributed by atoms with Crippen LogP contribution in [0.5, 0.6) is 0 Å². The standard InChI is InChI=1S/C15H26N2O3/c1-15(2,3)10(7-11(18)19)17-14(20)12-8-4-5-9(6-8)13(12)16/h8-10,12-13H,4-7,16H2,1-3H3,(H,17,20)(H,18,19). The van der Waals surface area contributed by atoms with Crippen molar-refractivity contribution < 1.29 is 14.7 Å². The number of fused-ring (bicyclic) bond motifs is 2. The largest absolute Gasteiger partial charge is 0.481 e. The highest BCUT2D eigenvalue weighted by Gasteiger charge is 2.49. The Morgan fingerprint density at radius 1 is 1.30 bits per heavy atom. The van der Waals surface area contributed by atoms with Gasteiger partial charge in [-0.2, -0.15) is 0 Å². The van der Waals surface area contributed by atoms with Crippen LogP contribution in [-0.4, -0.2) is 29.1 Å². The van der Waals surface area contributed by atoms with Gasteiger partial charge in [0.2, 0.25) is 5.91 Å². The van der Waals surface area contributed by atoms with Crippen molar-refractivity contribution in [3.8, 4) is 0 Å². The van der Waals surface area contributed by atoms with Crippen molar-refractivity contribution >= 4 is 11.9 Å². The molecule has 2 fully saturated rings. The molecular weight excluding hydrogens is 256 g/mol. The first kappa shape index (κ1) is 15.3. The molecule has 5 atom stereocenters. The summed E-state index contributed by atoms with van der Waals surface area (Å²) in [7, 11) is 0. The smallest absolute Gasteiger partial charge is 0.305 e. The van der Waals surface area contributed by atoms with E-state index in [0.29, 0.717) is 11.8 Å². The summed E-state index contributed by atoms with van der Waals surface area (Å²) in [6.45, 7) is 5.84. The summed E-state index contributed by atoms with van der Waals surface area (Å²) in [6.07, 6.45) is 3.21. The number of hydrogen-bond acceptors (Lipinski definition) is 3. The third kappa shape index (κ3) is 2.97. The van der Waals surface area contributed by atoms with Gasteiger partial charge in [-0.3, -0.25) is 9.59 Å². The van der Waals surface area contributed by atoms with Gasteiger partial charge in [0, 0.05) is 12.1 Å². The molecule has 20 heavy (non-hydrogen) atoms. The Hall–Kier alpha value is -1.10. The van der Waals surface area contributed by atoms with Crippen molar-refractivity contribution in [1.82, 2.24) is 5.32 Å². The van der Waals surface area contributed by atoms with Crippen molar-refractivity contribution in [3.05, 3.63) is 0 Å². The van der Waals surface area contributed by atoms with Gasteiger partial charge >= 0.3 is 5.97 Å². The van der Waals surface area contributed by atoms with Gasteiger partial charge in [-0.1, -0.05) is 20.8 Å². The molecule has 1 amide bonds. The van der Waals surface area contributed by atoms with Gasteiger partial charge in [0.25, 0.3) is 0 Å². The topological polar surface area (TPSA) is 92.4 Å². The summed E-state index contributed by atoms with van der Waals surface area (Å²) < 4.78 is 0. The van der Waals surface area contributed by atoms with Gasteiger partial charge in [0.1, 0.15) is 0 Å². The summed E-state index contributed by atoms with van der Waals surface area (Å²) in [5.74, 6) is -0.204. The zero-order valence-electron chi connectivity index (χ0n) is 12.6. The van der Waals surface area contributed by atoms with Crippen molar-refractivity contribution in [1.29, 1.82) is 0 Å². The minimum atomic E-state index is -0.887. The number of carbonyl (C=O) groups is 2. The Morgan fingerprint density at radius 2 is 1.90 bits per heavy atom. The first-order valence-corrected chi connectivity index (χ1v) is 7.48. The maximum Gasteiger partial charge on any atom is 0.305 e. The molecular formula is C15H26N2O3. The van der Waals surface area contributed by atoms with Crippen LogP contribution < -0.4 is 11.1 Å². The lowest BCUT2D eigenvalue weighted by atomic mass is 9.81. The number of rotatable bonds is 4. The highest BCUT2D eigenvalue weighted by molar-refractivity contribution is 5.81. The molecule has 2 aliphatic carbocycles. The summed E-state index contributed by atoms with van der Waals surface area (Å²) >= 11 is 0. The Morgan fingerprint density at radius 3 is 2.35 bits per heavy atom. The number of hydrogen-bond donors (Lipinski definition) is 3. The van der Waals surface area contributed by atoms with Crippen LogP contribution in [0.15, 0.2) is 0 Å². The van der Waals surface area contributed by atoms with E-state index in [1.165, 1.54) is 0 Å². The molecule has 0 aromatic heterocycles. The van der Waals surface area contributed by atoms with Crippen LogP contribution in [0.4, 0.5) is 0 Å². The Balaban J connectivity index is 2.03. The number of aliphatic carboxylic acids is 1. The van der Waals surface area contributed by atoms with Gasteiger partial charge in [0.05, 0.1) is 12.3 Å². The van der Waals surface area contributed by atoms with Crippen LogP contribution in [0.25, 0.3) is 0 Å². The van der Waals surface area contributed by atoms with E-state index in [4.69, 9.17) is 10.8 Å². The number of nitrogens with one attached hydrogen (secondary N) is 1. The molecule has 4 N–H and O–H groups in total. The molecule has 0 radical (unpaired) electrons. The lowest BCUT2D eigenvalue weighted by molar-refractivity contribution is -0.139. The average Bonchev–Trinajstić information content (AvgIpc) is 2.86. The van der Waals surface area contributed by atoms with Crippen molar-refractivity contribution in [2.45, 2.75) is 58.5 Å². The normalized spacial score (nSPS) is 34.0. The molecule has 0 aliphatic heterocycles. The van der Waals surface area contributed by atoms with Crippen LogP contribution in [0.1, 0.15) is 46.5 Å². The molecule has 0 saturated heterocycles. The van der Waals surface area contributed by atoms with Gasteiger partial charge in [0.15, 0.2) is 0 Å². The first-order valence-electron chi connectivity index (χ1n) is 7.48. The lowest BCUT2D eigenvalue weighted by Crippen LogP contribution is -2.51. The van der Waals surface area contributed by atoms with Gasteiger partial charge < -0.3 is 16.2 Å². The Bertz CT molecular complexity index is 400. The second-order valence-electron chi connectivity index (χ2n) is 7.46. The monoisotopic (exact) mass is 282 g/mol. The molecule has 2 rings (SSSR count). The van der Waals surface area contributed by atoms with E-state index >= 15 is 0 Å². The quantitative estimate of drug-likeness (QED) is 0.726. The molecule has 0 heterocycles. The fraction of sp³-hybridized carbons (Fsp3) is 0.867. The number of nitrogens with two attached hydrogens (primary N) is 1. The molecule has 0 aromatic carbocycles. The number of carboxylic acids is 1. The maximum atomic E-state index is 12.5. The van der Waals surface area contributed by atoms with Crippen LogP contribution in [0.2, 0.25) is 0 Å². The summed E-state index contributed by atoms with van der Waals surface area (Å²) in [4.78, 5) is 23.5. The zero-order valence-corrected chi connectivity index (χ0v) is 12.6. The van der Waals surface area contributed by atoms with E-state index in [0.717, 1.165) is 19.3 Å². The van der Waals surface area contributed by atoms with Gasteiger partial charge in [-0.25, -0.2) is 0 Å². The Labute approximate surface area is 120 Å². The van der Waals surface area contributed by atoms with E-state index in [1.54, 1.807) is 0 Å². The highest BCUT2D eigenvalue weighted by Crippen LogP contribution is 2.47. The molecule has 5 unspecified atom stereocenters. The molecule has 2 aliphatic rings. The van der Waals surface area contributed by atoms with Crippen molar-refractivity contribution in [2.24, 2.45) is 28.9 Å². The van der Waals surface area contributed by atoms with Crippen LogP contribution >= 0.6 is 0 Å². The third-order valence-electron chi connectivity index (χ3n) is 5.02. The van der Waals surface area contributed by atoms with Crippen LogP contribution in [0.3, 0.4) is 0 Å². The fourth-order valence-corrected chi connectivity index (χ4v) is 3.74. The zero-order chi connectivity index (χ0) is 15.1. The summed E-state index contributed by atoms with van der Waals surface area (Å²) in [5.41, 5.74) is 5.89. The highest BCUT2D eigenvalue weighted by atomic mass is 16.4. The maximum absolute atomic E-state index is 12.5. The van der Waals surface area contributed by atoms with E-state index in [2.05, 4.69) is 5.32 Å². The molecule has 2 saturated carbocycles. The van der Waals surface area contributed by atoms with Crippen LogP contribution in [-0.2, 0) is 9.59 Å². The lowest BCUT2D eigenvalue weighted by Gasteiger charge is -2.34. The molecule has 2 bridgehead atoms. The second kappa shape index (κ2) is 5.35. The Kier molecular flexibility index (Phi) is 4.09. The number of carbonyl (C=O) groups excluding carboxylic acids is 1. The van der Waals surface area contributed by atoms with E-state index in [9.17, 15) is 9.59 Å². The second-order valence-corrected chi connectivity index (χ2v) is 7.46. The predicted octanol–water partition coefficient (Wildman–Crippen LogP) is 1.37. The van der Waals surface area contributed by atoms with Crippen LogP contribution in [0, 0.1) is 23.2 Å². The fourth-order valence-electron chi connectivity index (χ4n) is 3.74. The number of amides is 1. The summed E-state index contributed by atoms with van der Waals surface area (Å²) in [6, 6.07) is -0.418. The minimum Gasteiger partial charge on any atom is -0.481 e. The summed E-state index contributed by atoms with van der Waals surface area (Å²) in [5, 5.41) is 12.0. The molecule has 114 valence electrons. The molecule has 0 aromatic rings. The van der Waals surface area contributed by atoms with Crippen molar-refractivity contribution in [3.63, 3.8) is 0 Å². The molecule has 5 heteroatoms. The van der Waals surface area contributed by atoms with Gasteiger partial charge in [-0.05, 0) is 36.5 Å². The van der Waals surface area contributed by atoms with E-state index in [1.807, 2.05) is 20.8 Å². The first-order chi connectivity index (χ1) is 9.20. The SMILES string of the molecule is CC(C)(C)C(CC(=O)O)NC(=O)C1C2CCC(C2)C1N. The predicted molar refractivity (Wildman–Crippen MR) is 75.9 cm³/mol.